The summed E-state index contributed by atoms with van der Waals surface area (Å²) in [6.45, 7) is 11.7. The average Bonchev–Trinajstić information content (AvgIpc) is 3.08. The van der Waals surface area contributed by atoms with E-state index in [0.29, 0.717) is 17.8 Å². The highest BCUT2D eigenvalue weighted by Crippen LogP contribution is 2.36. The van der Waals surface area contributed by atoms with E-state index in [1.165, 1.54) is 52.4 Å². The van der Waals surface area contributed by atoms with Crippen LogP contribution in [-0.2, 0) is 19.9 Å². The third-order valence-electron chi connectivity index (χ3n) is 6.68. The van der Waals surface area contributed by atoms with Gasteiger partial charge in [0, 0.05) is 11.6 Å². The van der Waals surface area contributed by atoms with Crippen molar-refractivity contribution in [2.45, 2.75) is 59.8 Å². The Labute approximate surface area is 170 Å². The molecule has 0 aliphatic heterocycles. The fraction of sp³-hybridized carbons (Fsp3) is 0.444. The van der Waals surface area contributed by atoms with Gasteiger partial charge in [0.25, 0.3) is 0 Å². The SMILES string of the molecule is Cc1cc2c(cc1-c1c3ccc(C(C(C)C)C(C)C)cc3cc[n+]1C)CCC2. The molecule has 0 spiro atoms. The lowest BCUT2D eigenvalue weighted by Crippen LogP contribution is -2.30. The number of aryl methyl sites for hydroxylation is 4. The van der Waals surface area contributed by atoms with Crippen molar-refractivity contribution in [2.75, 3.05) is 0 Å². The second kappa shape index (κ2) is 7.35. The monoisotopic (exact) mass is 372 g/mol. The second-order valence-electron chi connectivity index (χ2n) is 9.43. The van der Waals surface area contributed by atoms with E-state index in [-0.39, 0.29) is 0 Å². The predicted molar refractivity (Wildman–Crippen MR) is 120 cm³/mol. The molecule has 0 N–H and O–H groups in total. The molecule has 1 aliphatic rings. The van der Waals surface area contributed by atoms with Crippen molar-refractivity contribution in [3.63, 3.8) is 0 Å². The van der Waals surface area contributed by atoms with E-state index in [1.54, 1.807) is 11.1 Å². The molecule has 0 fully saturated rings. The molecule has 0 bridgehead atoms. The van der Waals surface area contributed by atoms with Gasteiger partial charge in [-0.2, -0.15) is 0 Å². The standard InChI is InChI=1S/C27H34N/c1-17(2)26(18(3)4)23-10-11-24-22(15-23)12-13-28(6)27(24)25-16-21-9-7-8-20(21)14-19(25)5/h10-18,26H,7-9H2,1-6H3/q+1. The number of nitrogens with zero attached hydrogens (tertiary/aromatic N) is 1. The van der Waals surface area contributed by atoms with E-state index in [9.17, 15) is 0 Å². The summed E-state index contributed by atoms with van der Waals surface area (Å²) in [7, 11) is 2.18. The fourth-order valence-electron chi connectivity index (χ4n) is 5.48. The molecular formula is C27H34N+. The van der Waals surface area contributed by atoms with Gasteiger partial charge in [-0.3, -0.25) is 0 Å². The smallest absolute Gasteiger partial charge is 0.200 e. The zero-order chi connectivity index (χ0) is 20.0. The van der Waals surface area contributed by atoms with Crippen LogP contribution < -0.4 is 4.57 Å². The molecular weight excluding hydrogens is 338 g/mol. The molecule has 1 heterocycles. The Balaban J connectivity index is 1.90. The average molecular weight is 373 g/mol. The summed E-state index contributed by atoms with van der Waals surface area (Å²) in [5, 5.41) is 2.72. The number of aromatic nitrogens is 1. The third-order valence-corrected chi connectivity index (χ3v) is 6.68. The van der Waals surface area contributed by atoms with Crippen molar-refractivity contribution < 1.29 is 4.57 Å². The van der Waals surface area contributed by atoms with Crippen LogP contribution in [0.3, 0.4) is 0 Å². The Morgan fingerprint density at radius 2 is 1.54 bits per heavy atom. The summed E-state index contributed by atoms with van der Waals surface area (Å²) < 4.78 is 2.30. The van der Waals surface area contributed by atoms with Crippen LogP contribution in [0, 0.1) is 18.8 Å². The minimum absolute atomic E-state index is 0.600. The minimum Gasteiger partial charge on any atom is -0.200 e. The maximum atomic E-state index is 2.46. The molecule has 3 aromatic rings. The van der Waals surface area contributed by atoms with Crippen molar-refractivity contribution >= 4 is 10.8 Å². The summed E-state index contributed by atoms with van der Waals surface area (Å²) >= 11 is 0. The van der Waals surface area contributed by atoms with Crippen molar-refractivity contribution in [2.24, 2.45) is 18.9 Å². The maximum absolute atomic E-state index is 2.46. The van der Waals surface area contributed by atoms with E-state index >= 15 is 0 Å². The predicted octanol–water partition coefficient (Wildman–Crippen LogP) is 6.52. The Bertz CT molecular complexity index is 1020. The van der Waals surface area contributed by atoms with Crippen LogP contribution in [0.5, 0.6) is 0 Å². The van der Waals surface area contributed by atoms with Gasteiger partial charge in [-0.15, -0.1) is 0 Å². The van der Waals surface area contributed by atoms with Gasteiger partial charge in [-0.05, 0) is 83.7 Å². The lowest BCUT2D eigenvalue weighted by atomic mass is 9.79. The van der Waals surface area contributed by atoms with Gasteiger partial charge >= 0.3 is 0 Å². The van der Waals surface area contributed by atoms with E-state index in [4.69, 9.17) is 0 Å². The molecule has 0 atom stereocenters. The number of hydrogen-bond donors (Lipinski definition) is 0. The molecule has 28 heavy (non-hydrogen) atoms. The van der Waals surface area contributed by atoms with Gasteiger partial charge in [0.1, 0.15) is 7.05 Å². The van der Waals surface area contributed by atoms with Gasteiger partial charge in [-0.1, -0.05) is 45.9 Å². The summed E-state index contributed by atoms with van der Waals surface area (Å²) in [5.74, 6) is 1.90. The van der Waals surface area contributed by atoms with Crippen LogP contribution >= 0.6 is 0 Å². The Morgan fingerprint density at radius 1 is 0.857 bits per heavy atom. The van der Waals surface area contributed by atoms with E-state index in [0.717, 1.165) is 0 Å². The number of pyridine rings is 1. The number of benzene rings is 2. The van der Waals surface area contributed by atoms with Gasteiger partial charge in [0.2, 0.25) is 5.69 Å². The molecule has 0 radical (unpaired) electrons. The van der Waals surface area contributed by atoms with Gasteiger partial charge < -0.3 is 0 Å². The summed E-state index contributed by atoms with van der Waals surface area (Å²) in [5.41, 5.74) is 8.72. The molecule has 1 aromatic heterocycles. The van der Waals surface area contributed by atoms with E-state index < -0.39 is 0 Å². The van der Waals surface area contributed by atoms with Crippen LogP contribution in [0.25, 0.3) is 22.0 Å². The highest BCUT2D eigenvalue weighted by Gasteiger charge is 2.23. The highest BCUT2D eigenvalue weighted by atomic mass is 14.9. The first-order valence-electron chi connectivity index (χ1n) is 10.9. The molecule has 1 heteroatoms. The molecule has 146 valence electrons. The minimum atomic E-state index is 0.600. The molecule has 0 saturated heterocycles. The van der Waals surface area contributed by atoms with Crippen molar-refractivity contribution in [1.82, 2.24) is 0 Å². The number of fused-ring (bicyclic) bond motifs is 2. The van der Waals surface area contributed by atoms with Crippen LogP contribution in [0.1, 0.15) is 62.3 Å². The summed E-state index contributed by atoms with van der Waals surface area (Å²) in [6.07, 6.45) is 6.00. The molecule has 4 rings (SSSR count). The Kier molecular flexibility index (Phi) is 5.04. The first kappa shape index (κ1) is 19.2. The molecule has 0 saturated carbocycles. The highest BCUT2D eigenvalue weighted by molar-refractivity contribution is 5.94. The quantitative estimate of drug-likeness (QED) is 0.459. The van der Waals surface area contributed by atoms with Crippen LogP contribution in [0.15, 0.2) is 42.6 Å². The number of rotatable bonds is 4. The van der Waals surface area contributed by atoms with E-state index in [1.807, 2.05) is 0 Å². The lowest BCUT2D eigenvalue weighted by molar-refractivity contribution is -0.659. The zero-order valence-corrected chi connectivity index (χ0v) is 18.3. The second-order valence-corrected chi connectivity index (χ2v) is 9.43. The van der Waals surface area contributed by atoms with Crippen LogP contribution in [0.2, 0.25) is 0 Å². The van der Waals surface area contributed by atoms with Gasteiger partial charge in [0.15, 0.2) is 6.20 Å². The van der Waals surface area contributed by atoms with Crippen LogP contribution in [-0.4, -0.2) is 0 Å². The first-order chi connectivity index (χ1) is 13.4. The lowest BCUT2D eigenvalue weighted by Gasteiger charge is -2.25. The fourth-order valence-corrected chi connectivity index (χ4v) is 5.48. The maximum Gasteiger partial charge on any atom is 0.220 e. The topological polar surface area (TPSA) is 3.88 Å². The van der Waals surface area contributed by atoms with E-state index in [2.05, 4.69) is 88.8 Å². The molecule has 1 nitrogen and oxygen atoms in total. The Morgan fingerprint density at radius 3 is 2.21 bits per heavy atom. The van der Waals surface area contributed by atoms with Crippen molar-refractivity contribution in [3.05, 3.63) is 64.8 Å². The molecule has 0 unspecified atom stereocenters. The summed E-state index contributed by atoms with van der Waals surface area (Å²) in [4.78, 5) is 0. The molecule has 0 amide bonds. The normalized spacial score (nSPS) is 13.9. The van der Waals surface area contributed by atoms with Gasteiger partial charge in [0.05, 0.1) is 5.39 Å². The number of hydrogen-bond acceptors (Lipinski definition) is 0. The largest absolute Gasteiger partial charge is 0.220 e. The van der Waals surface area contributed by atoms with Gasteiger partial charge in [-0.25, -0.2) is 4.57 Å². The molecule has 1 aliphatic carbocycles. The van der Waals surface area contributed by atoms with Crippen LogP contribution in [0.4, 0.5) is 0 Å². The Hall–Kier alpha value is -2.15. The summed E-state index contributed by atoms with van der Waals surface area (Å²) in [6, 6.07) is 14.3. The zero-order valence-electron chi connectivity index (χ0n) is 18.3. The first-order valence-corrected chi connectivity index (χ1v) is 10.9. The third kappa shape index (κ3) is 3.26. The van der Waals surface area contributed by atoms with Crippen molar-refractivity contribution in [1.29, 1.82) is 0 Å². The molecule has 2 aromatic carbocycles. The van der Waals surface area contributed by atoms with Crippen molar-refractivity contribution in [3.8, 4) is 11.3 Å².